The molecule has 86 valence electrons. The molecule has 0 fully saturated rings. The van der Waals surface area contributed by atoms with Crippen LogP contribution in [0.1, 0.15) is 15.4 Å². The fraction of sp³-hybridized carbons (Fsp3) is 0.167. The number of hydrogen-bond acceptors (Lipinski definition) is 4. The predicted octanol–water partition coefficient (Wildman–Crippen LogP) is 3.07. The standard InChI is InChI=1S/C12H10FN3S/c1-8-6-16-12(17-8)7-15-11-4-2-3-10(13)9(11)5-14/h2-4,6,15H,7H2,1H3. The van der Waals surface area contributed by atoms with E-state index in [0.29, 0.717) is 12.2 Å². The number of aromatic nitrogens is 1. The first kappa shape index (κ1) is 11.6. The molecule has 0 aliphatic heterocycles. The molecule has 0 bridgehead atoms. The van der Waals surface area contributed by atoms with Crippen molar-refractivity contribution in [2.24, 2.45) is 0 Å². The summed E-state index contributed by atoms with van der Waals surface area (Å²) < 4.78 is 13.3. The summed E-state index contributed by atoms with van der Waals surface area (Å²) in [5.41, 5.74) is 0.543. The highest BCUT2D eigenvalue weighted by Crippen LogP contribution is 2.19. The first-order chi connectivity index (χ1) is 8.20. The van der Waals surface area contributed by atoms with Crippen LogP contribution in [0, 0.1) is 24.1 Å². The maximum absolute atomic E-state index is 13.3. The van der Waals surface area contributed by atoms with Crippen LogP contribution < -0.4 is 5.32 Å². The van der Waals surface area contributed by atoms with Gasteiger partial charge in [-0.25, -0.2) is 9.37 Å². The SMILES string of the molecule is Cc1cnc(CNc2cccc(F)c2C#N)s1. The Morgan fingerprint density at radius 2 is 2.35 bits per heavy atom. The summed E-state index contributed by atoms with van der Waals surface area (Å²) in [6, 6.07) is 6.38. The minimum atomic E-state index is -0.507. The highest BCUT2D eigenvalue weighted by Gasteiger charge is 2.07. The lowest BCUT2D eigenvalue weighted by molar-refractivity contribution is 0.624. The number of aryl methyl sites for hydroxylation is 1. The van der Waals surface area contributed by atoms with Gasteiger partial charge in [0.1, 0.15) is 22.5 Å². The maximum atomic E-state index is 13.3. The molecule has 2 rings (SSSR count). The van der Waals surface area contributed by atoms with E-state index in [1.807, 2.05) is 13.0 Å². The van der Waals surface area contributed by atoms with Crippen LogP contribution in [0.2, 0.25) is 0 Å². The fourth-order valence-electron chi connectivity index (χ4n) is 1.44. The summed E-state index contributed by atoms with van der Waals surface area (Å²) in [6.45, 7) is 2.47. The molecule has 3 nitrogen and oxygen atoms in total. The molecule has 2 aromatic rings. The zero-order valence-corrected chi connectivity index (χ0v) is 10.0. The van der Waals surface area contributed by atoms with E-state index in [1.54, 1.807) is 29.7 Å². The van der Waals surface area contributed by atoms with Crippen LogP contribution in [0.5, 0.6) is 0 Å². The normalized spacial score (nSPS) is 9.94. The Hall–Kier alpha value is -1.93. The molecule has 1 aromatic carbocycles. The molecule has 0 amide bonds. The molecule has 1 heterocycles. The van der Waals surface area contributed by atoms with Gasteiger partial charge in [-0.15, -0.1) is 11.3 Å². The van der Waals surface area contributed by atoms with E-state index >= 15 is 0 Å². The van der Waals surface area contributed by atoms with Gasteiger partial charge >= 0.3 is 0 Å². The number of anilines is 1. The zero-order chi connectivity index (χ0) is 12.3. The van der Waals surface area contributed by atoms with E-state index in [0.717, 1.165) is 9.88 Å². The summed E-state index contributed by atoms with van der Waals surface area (Å²) in [5, 5.41) is 12.8. The van der Waals surface area contributed by atoms with Crippen molar-refractivity contribution >= 4 is 17.0 Å². The van der Waals surface area contributed by atoms with Crippen molar-refractivity contribution < 1.29 is 4.39 Å². The fourth-order valence-corrected chi connectivity index (χ4v) is 2.17. The van der Waals surface area contributed by atoms with Crippen molar-refractivity contribution in [1.29, 1.82) is 5.26 Å². The maximum Gasteiger partial charge on any atom is 0.143 e. The molecule has 0 radical (unpaired) electrons. The second-order valence-electron chi connectivity index (χ2n) is 3.49. The Kier molecular flexibility index (Phi) is 3.35. The van der Waals surface area contributed by atoms with Gasteiger partial charge in [-0.3, -0.25) is 0 Å². The molecule has 0 atom stereocenters. The van der Waals surface area contributed by atoms with Crippen LogP contribution in [0.15, 0.2) is 24.4 Å². The molecule has 1 N–H and O–H groups in total. The molecule has 0 spiro atoms. The van der Waals surface area contributed by atoms with Crippen molar-refractivity contribution in [3.63, 3.8) is 0 Å². The van der Waals surface area contributed by atoms with Crippen LogP contribution in [0.3, 0.4) is 0 Å². The Morgan fingerprint density at radius 3 is 3.00 bits per heavy atom. The Balaban J connectivity index is 2.14. The van der Waals surface area contributed by atoms with Crippen molar-refractivity contribution in [1.82, 2.24) is 4.98 Å². The van der Waals surface area contributed by atoms with Gasteiger partial charge in [0.05, 0.1) is 12.2 Å². The van der Waals surface area contributed by atoms with E-state index in [2.05, 4.69) is 10.3 Å². The van der Waals surface area contributed by atoms with Crippen molar-refractivity contribution in [3.8, 4) is 6.07 Å². The molecule has 0 aliphatic rings. The number of thiazole rings is 1. The molecule has 0 unspecified atom stereocenters. The first-order valence-corrected chi connectivity index (χ1v) is 5.86. The number of halogens is 1. The second kappa shape index (κ2) is 4.93. The third-order valence-corrected chi connectivity index (χ3v) is 3.14. The minimum Gasteiger partial charge on any atom is -0.377 e. The predicted molar refractivity (Wildman–Crippen MR) is 65.3 cm³/mol. The van der Waals surface area contributed by atoms with Crippen LogP contribution in [0.4, 0.5) is 10.1 Å². The average molecular weight is 247 g/mol. The molecule has 0 aliphatic carbocycles. The second-order valence-corrected chi connectivity index (χ2v) is 4.81. The van der Waals surface area contributed by atoms with Gasteiger partial charge in [0.25, 0.3) is 0 Å². The van der Waals surface area contributed by atoms with Crippen LogP contribution >= 0.6 is 11.3 Å². The van der Waals surface area contributed by atoms with Crippen molar-refractivity contribution in [2.45, 2.75) is 13.5 Å². The molecule has 0 saturated carbocycles. The van der Waals surface area contributed by atoms with Crippen molar-refractivity contribution in [3.05, 3.63) is 45.7 Å². The van der Waals surface area contributed by atoms with Crippen LogP contribution in [-0.2, 0) is 6.54 Å². The third kappa shape index (κ3) is 2.60. The summed E-state index contributed by atoms with van der Waals surface area (Å²) in [7, 11) is 0. The number of nitrogens with zero attached hydrogens (tertiary/aromatic N) is 2. The monoisotopic (exact) mass is 247 g/mol. The highest BCUT2D eigenvalue weighted by atomic mass is 32.1. The summed E-state index contributed by atoms with van der Waals surface area (Å²) in [5.74, 6) is -0.507. The number of rotatable bonds is 3. The number of hydrogen-bond donors (Lipinski definition) is 1. The van der Waals surface area contributed by atoms with E-state index in [9.17, 15) is 4.39 Å². The summed E-state index contributed by atoms with van der Waals surface area (Å²) >= 11 is 1.57. The summed E-state index contributed by atoms with van der Waals surface area (Å²) in [4.78, 5) is 5.31. The lowest BCUT2D eigenvalue weighted by Crippen LogP contribution is -2.01. The molecule has 17 heavy (non-hydrogen) atoms. The highest BCUT2D eigenvalue weighted by molar-refractivity contribution is 7.11. The van der Waals surface area contributed by atoms with Gasteiger partial charge in [-0.1, -0.05) is 6.07 Å². The van der Waals surface area contributed by atoms with Crippen LogP contribution in [-0.4, -0.2) is 4.98 Å². The number of nitrogens with one attached hydrogen (secondary N) is 1. The zero-order valence-electron chi connectivity index (χ0n) is 9.20. The summed E-state index contributed by atoms with van der Waals surface area (Å²) in [6.07, 6.45) is 1.79. The smallest absolute Gasteiger partial charge is 0.143 e. The van der Waals surface area contributed by atoms with Gasteiger partial charge in [0, 0.05) is 11.1 Å². The first-order valence-electron chi connectivity index (χ1n) is 5.04. The average Bonchev–Trinajstić information content (AvgIpc) is 2.72. The van der Waals surface area contributed by atoms with E-state index in [-0.39, 0.29) is 5.56 Å². The van der Waals surface area contributed by atoms with Crippen LogP contribution in [0.25, 0.3) is 0 Å². The van der Waals surface area contributed by atoms with Gasteiger partial charge in [-0.2, -0.15) is 5.26 Å². The van der Waals surface area contributed by atoms with E-state index in [4.69, 9.17) is 5.26 Å². The molecule has 1 aromatic heterocycles. The molecule has 5 heteroatoms. The Morgan fingerprint density at radius 1 is 1.53 bits per heavy atom. The lowest BCUT2D eigenvalue weighted by Gasteiger charge is -2.06. The van der Waals surface area contributed by atoms with Gasteiger partial charge in [0.15, 0.2) is 0 Å². The van der Waals surface area contributed by atoms with E-state index < -0.39 is 5.82 Å². The third-order valence-electron chi connectivity index (χ3n) is 2.22. The topological polar surface area (TPSA) is 48.7 Å². The molecular weight excluding hydrogens is 237 g/mol. The van der Waals surface area contributed by atoms with E-state index in [1.165, 1.54) is 6.07 Å². The number of nitriles is 1. The minimum absolute atomic E-state index is 0.0424. The number of benzene rings is 1. The van der Waals surface area contributed by atoms with Crippen molar-refractivity contribution in [2.75, 3.05) is 5.32 Å². The van der Waals surface area contributed by atoms with Gasteiger partial charge in [0.2, 0.25) is 0 Å². The Labute approximate surface area is 103 Å². The van der Waals surface area contributed by atoms with Gasteiger partial charge < -0.3 is 5.32 Å². The lowest BCUT2D eigenvalue weighted by atomic mass is 10.2. The van der Waals surface area contributed by atoms with Gasteiger partial charge in [-0.05, 0) is 19.1 Å². The molecular formula is C12H10FN3S. The quantitative estimate of drug-likeness (QED) is 0.906. The Bertz CT molecular complexity index is 571. The molecule has 0 saturated heterocycles. The largest absolute Gasteiger partial charge is 0.377 e.